The van der Waals surface area contributed by atoms with Gasteiger partial charge in [-0.1, -0.05) is 13.0 Å². The van der Waals surface area contributed by atoms with Gasteiger partial charge in [-0.2, -0.15) is 0 Å². The first kappa shape index (κ1) is 25.2. The number of ether oxygens (including phenoxy) is 2. The van der Waals surface area contributed by atoms with Gasteiger partial charge in [0.25, 0.3) is 0 Å². The Kier molecular flexibility index (Phi) is 12.5. The molecule has 0 saturated heterocycles. The molecule has 27 heavy (non-hydrogen) atoms. The van der Waals surface area contributed by atoms with Gasteiger partial charge in [0.2, 0.25) is 5.88 Å². The van der Waals surface area contributed by atoms with Crippen molar-refractivity contribution in [2.24, 2.45) is 4.99 Å². The van der Waals surface area contributed by atoms with E-state index in [1.165, 1.54) is 0 Å². The maximum Gasteiger partial charge on any atom is 0.407 e. The third-order valence-corrected chi connectivity index (χ3v) is 3.05. The van der Waals surface area contributed by atoms with Gasteiger partial charge in [0.1, 0.15) is 5.60 Å². The van der Waals surface area contributed by atoms with Crippen molar-refractivity contribution in [2.75, 3.05) is 26.7 Å². The molecule has 9 heteroatoms. The third-order valence-electron chi connectivity index (χ3n) is 3.05. The number of rotatable bonds is 8. The maximum absolute atomic E-state index is 11.6. The SMILES string of the molecule is CCCOc1ncccc1CNC(=NC)NCCNC(=O)OC(C)(C)C.I. The molecular formula is C18H32IN5O3. The molecular weight excluding hydrogens is 461 g/mol. The van der Waals surface area contributed by atoms with Crippen molar-refractivity contribution in [3.63, 3.8) is 0 Å². The molecule has 1 aromatic rings. The fraction of sp³-hybridized carbons (Fsp3) is 0.611. The summed E-state index contributed by atoms with van der Waals surface area (Å²) in [5.41, 5.74) is 0.451. The molecule has 0 atom stereocenters. The molecule has 0 radical (unpaired) electrons. The Morgan fingerprint density at radius 3 is 2.56 bits per heavy atom. The molecule has 8 nitrogen and oxygen atoms in total. The second-order valence-electron chi connectivity index (χ2n) is 6.60. The van der Waals surface area contributed by atoms with Crippen molar-refractivity contribution in [1.82, 2.24) is 20.9 Å². The Hall–Kier alpha value is -1.78. The van der Waals surface area contributed by atoms with Crippen LogP contribution in [0.25, 0.3) is 0 Å². The van der Waals surface area contributed by atoms with E-state index >= 15 is 0 Å². The number of guanidine groups is 1. The van der Waals surface area contributed by atoms with Crippen LogP contribution in [0.4, 0.5) is 4.79 Å². The number of hydrogen-bond acceptors (Lipinski definition) is 5. The van der Waals surface area contributed by atoms with Gasteiger partial charge in [-0.3, -0.25) is 4.99 Å². The average Bonchev–Trinajstić information content (AvgIpc) is 2.58. The number of alkyl carbamates (subject to hydrolysis) is 1. The van der Waals surface area contributed by atoms with Crippen LogP contribution in [0.5, 0.6) is 5.88 Å². The molecule has 1 rings (SSSR count). The van der Waals surface area contributed by atoms with Crippen LogP contribution in [0.2, 0.25) is 0 Å². The van der Waals surface area contributed by atoms with Gasteiger partial charge in [-0.25, -0.2) is 9.78 Å². The van der Waals surface area contributed by atoms with Crippen molar-refractivity contribution in [1.29, 1.82) is 0 Å². The number of amides is 1. The van der Waals surface area contributed by atoms with E-state index in [0.717, 1.165) is 12.0 Å². The number of carbonyl (C=O) groups is 1. The number of carbonyl (C=O) groups excluding carboxylic acids is 1. The molecule has 0 fully saturated rings. The van der Waals surface area contributed by atoms with Crippen LogP contribution in [0, 0.1) is 0 Å². The molecule has 0 spiro atoms. The maximum atomic E-state index is 11.6. The van der Waals surface area contributed by atoms with Crippen LogP contribution in [-0.2, 0) is 11.3 Å². The number of aliphatic imine (C=N–C) groups is 1. The molecule has 3 N–H and O–H groups in total. The Labute approximate surface area is 178 Å². The molecule has 0 aliphatic rings. The molecule has 1 amide bonds. The lowest BCUT2D eigenvalue weighted by Gasteiger charge is -2.20. The van der Waals surface area contributed by atoms with Gasteiger partial charge in [0.15, 0.2) is 5.96 Å². The lowest BCUT2D eigenvalue weighted by atomic mass is 10.2. The molecule has 0 aliphatic carbocycles. The molecule has 0 bridgehead atoms. The first-order valence-electron chi connectivity index (χ1n) is 8.83. The van der Waals surface area contributed by atoms with Crippen LogP contribution in [-0.4, -0.2) is 49.4 Å². The Bertz CT molecular complexity index is 591. The molecule has 0 saturated carbocycles. The van der Waals surface area contributed by atoms with E-state index in [2.05, 4.69) is 32.9 Å². The Morgan fingerprint density at radius 1 is 1.22 bits per heavy atom. The summed E-state index contributed by atoms with van der Waals surface area (Å²) in [4.78, 5) is 20.0. The predicted molar refractivity (Wildman–Crippen MR) is 118 cm³/mol. The summed E-state index contributed by atoms with van der Waals surface area (Å²) in [5, 5.41) is 9.02. The minimum atomic E-state index is -0.504. The van der Waals surface area contributed by atoms with Gasteiger partial charge in [0, 0.05) is 38.4 Å². The smallest absolute Gasteiger partial charge is 0.407 e. The summed E-state index contributed by atoms with van der Waals surface area (Å²) >= 11 is 0. The topological polar surface area (TPSA) is 96.9 Å². The van der Waals surface area contributed by atoms with Crippen molar-refractivity contribution in [2.45, 2.75) is 46.3 Å². The largest absolute Gasteiger partial charge is 0.477 e. The Morgan fingerprint density at radius 2 is 1.93 bits per heavy atom. The van der Waals surface area contributed by atoms with E-state index in [0.29, 0.717) is 38.1 Å². The normalized spacial score (nSPS) is 11.2. The summed E-state index contributed by atoms with van der Waals surface area (Å²) in [5.74, 6) is 1.25. The molecule has 1 aromatic heterocycles. The minimum Gasteiger partial charge on any atom is -0.477 e. The van der Waals surface area contributed by atoms with Crippen molar-refractivity contribution >= 4 is 36.0 Å². The zero-order valence-electron chi connectivity index (χ0n) is 16.8. The number of nitrogens with one attached hydrogen (secondary N) is 3. The van der Waals surface area contributed by atoms with Crippen molar-refractivity contribution < 1.29 is 14.3 Å². The molecule has 0 aromatic carbocycles. The van der Waals surface area contributed by atoms with E-state index in [1.54, 1.807) is 13.2 Å². The van der Waals surface area contributed by atoms with Crippen LogP contribution in [0.1, 0.15) is 39.7 Å². The first-order valence-corrected chi connectivity index (χ1v) is 8.83. The van der Waals surface area contributed by atoms with Crippen LogP contribution in [0.3, 0.4) is 0 Å². The van der Waals surface area contributed by atoms with Crippen LogP contribution in [0.15, 0.2) is 23.3 Å². The standard InChI is InChI=1S/C18H31N5O3.HI/c1-6-12-25-15-14(8-7-9-20-15)13-23-16(19-5)21-10-11-22-17(24)26-18(2,3)4;/h7-9H,6,10-13H2,1-5H3,(H,22,24)(H2,19,21,23);1H. The first-order chi connectivity index (χ1) is 12.4. The van der Waals surface area contributed by atoms with Gasteiger partial charge in [0.05, 0.1) is 6.61 Å². The number of hydrogen-bond donors (Lipinski definition) is 3. The fourth-order valence-electron chi connectivity index (χ4n) is 1.95. The monoisotopic (exact) mass is 493 g/mol. The summed E-state index contributed by atoms with van der Waals surface area (Å²) < 4.78 is 10.8. The highest BCUT2D eigenvalue weighted by atomic mass is 127. The summed E-state index contributed by atoms with van der Waals surface area (Å²) in [6.45, 7) is 9.64. The molecule has 1 heterocycles. The Balaban J connectivity index is 0.00000676. The summed E-state index contributed by atoms with van der Waals surface area (Å²) in [6.07, 6.45) is 2.21. The second kappa shape index (κ2) is 13.4. The summed E-state index contributed by atoms with van der Waals surface area (Å²) in [6, 6.07) is 3.83. The van der Waals surface area contributed by atoms with E-state index in [4.69, 9.17) is 9.47 Å². The zero-order chi connectivity index (χ0) is 19.4. The number of halogens is 1. The van der Waals surface area contributed by atoms with Gasteiger partial charge >= 0.3 is 6.09 Å². The van der Waals surface area contributed by atoms with Gasteiger partial charge in [-0.15, -0.1) is 24.0 Å². The van der Waals surface area contributed by atoms with E-state index < -0.39 is 11.7 Å². The fourth-order valence-corrected chi connectivity index (χ4v) is 1.95. The lowest BCUT2D eigenvalue weighted by Crippen LogP contribution is -2.42. The average molecular weight is 493 g/mol. The van der Waals surface area contributed by atoms with Gasteiger partial charge in [-0.05, 0) is 33.3 Å². The van der Waals surface area contributed by atoms with E-state index in [-0.39, 0.29) is 24.0 Å². The highest BCUT2D eigenvalue weighted by Crippen LogP contribution is 2.14. The van der Waals surface area contributed by atoms with Crippen molar-refractivity contribution in [3.05, 3.63) is 23.9 Å². The minimum absolute atomic E-state index is 0. The van der Waals surface area contributed by atoms with E-state index in [9.17, 15) is 4.79 Å². The molecule has 0 unspecified atom stereocenters. The second-order valence-corrected chi connectivity index (χ2v) is 6.60. The number of pyridine rings is 1. The van der Waals surface area contributed by atoms with Crippen molar-refractivity contribution in [3.8, 4) is 5.88 Å². The summed E-state index contributed by atoms with van der Waals surface area (Å²) in [7, 11) is 1.69. The van der Waals surface area contributed by atoms with Gasteiger partial charge < -0.3 is 25.4 Å². The third kappa shape index (κ3) is 11.5. The van der Waals surface area contributed by atoms with E-state index in [1.807, 2.05) is 32.9 Å². The lowest BCUT2D eigenvalue weighted by molar-refractivity contribution is 0.0529. The van der Waals surface area contributed by atoms with Crippen LogP contribution < -0.4 is 20.7 Å². The van der Waals surface area contributed by atoms with Crippen LogP contribution >= 0.6 is 24.0 Å². The number of nitrogens with zero attached hydrogens (tertiary/aromatic N) is 2. The molecule has 0 aliphatic heterocycles. The molecule has 154 valence electrons. The predicted octanol–water partition coefficient (Wildman–Crippen LogP) is 2.68. The number of aromatic nitrogens is 1. The zero-order valence-corrected chi connectivity index (χ0v) is 19.1. The highest BCUT2D eigenvalue weighted by molar-refractivity contribution is 14.0. The highest BCUT2D eigenvalue weighted by Gasteiger charge is 2.15. The quantitative estimate of drug-likeness (QED) is 0.223.